The van der Waals surface area contributed by atoms with Crippen LogP contribution in [-0.4, -0.2) is 11.5 Å². The summed E-state index contributed by atoms with van der Waals surface area (Å²) in [6, 6.07) is 22.9. The Hall–Kier alpha value is -2.94. The van der Waals surface area contributed by atoms with Crippen molar-refractivity contribution in [1.82, 2.24) is 0 Å². The van der Waals surface area contributed by atoms with Gasteiger partial charge in [-0.3, -0.25) is 9.80 Å². The molecule has 5 rings (SSSR count). The van der Waals surface area contributed by atoms with Crippen LogP contribution in [-0.2, 0) is 4.79 Å². The normalized spacial score (nSPS) is 21.0. The third-order valence-corrected chi connectivity index (χ3v) is 5.09. The number of nitrogens with zero attached hydrogens (tertiary/aromatic N) is 2. The Balaban J connectivity index is 1.79. The van der Waals surface area contributed by atoms with E-state index in [0.717, 1.165) is 5.69 Å². The number of benzene rings is 3. The standard InChI is InChI=1S/C21H16N2O/c1-13(24)20-19-16-11-5-7-14-8-6-12-17(18(14)16)21(19)23(22-20)15-9-3-2-4-10-15/h2-12,19,21H,1H3/t19-,21-/m0/s1. The molecule has 0 saturated carbocycles. The van der Waals surface area contributed by atoms with Gasteiger partial charge >= 0.3 is 0 Å². The summed E-state index contributed by atoms with van der Waals surface area (Å²) in [4.78, 5) is 12.3. The van der Waals surface area contributed by atoms with Gasteiger partial charge in [-0.25, -0.2) is 0 Å². The van der Waals surface area contributed by atoms with Crippen molar-refractivity contribution in [3.63, 3.8) is 0 Å². The average molecular weight is 312 g/mol. The molecule has 0 radical (unpaired) electrons. The number of Topliss-reactive ketones (excluding diaryl/α,β-unsaturated/α-hetero) is 1. The van der Waals surface area contributed by atoms with Crippen LogP contribution < -0.4 is 5.01 Å². The zero-order chi connectivity index (χ0) is 16.3. The third kappa shape index (κ3) is 1.67. The first-order chi connectivity index (χ1) is 11.8. The molecule has 0 fully saturated rings. The van der Waals surface area contributed by atoms with Crippen molar-refractivity contribution in [3.8, 4) is 0 Å². The van der Waals surface area contributed by atoms with E-state index in [1.807, 2.05) is 35.3 Å². The van der Waals surface area contributed by atoms with Gasteiger partial charge in [0.05, 0.1) is 17.6 Å². The van der Waals surface area contributed by atoms with Crippen molar-refractivity contribution in [1.29, 1.82) is 0 Å². The van der Waals surface area contributed by atoms with Crippen LogP contribution in [0.15, 0.2) is 71.8 Å². The lowest BCUT2D eigenvalue weighted by molar-refractivity contribution is -0.111. The Kier molecular flexibility index (Phi) is 2.69. The summed E-state index contributed by atoms with van der Waals surface area (Å²) >= 11 is 0. The highest BCUT2D eigenvalue weighted by Crippen LogP contribution is 2.53. The minimum absolute atomic E-state index is 0.0174. The van der Waals surface area contributed by atoms with E-state index in [1.54, 1.807) is 6.92 Å². The number of hydrogen-bond acceptors (Lipinski definition) is 3. The first-order valence-corrected chi connectivity index (χ1v) is 8.21. The van der Waals surface area contributed by atoms with Crippen molar-refractivity contribution >= 4 is 28.0 Å². The minimum atomic E-state index is 0.0174. The quantitative estimate of drug-likeness (QED) is 0.700. The summed E-state index contributed by atoms with van der Waals surface area (Å²) in [5, 5.41) is 9.27. The number of carbonyl (C=O) groups excluding carboxylic acids is 1. The van der Waals surface area contributed by atoms with Crippen molar-refractivity contribution in [2.75, 3.05) is 5.01 Å². The third-order valence-electron chi connectivity index (χ3n) is 5.09. The second kappa shape index (κ2) is 4.78. The topological polar surface area (TPSA) is 32.7 Å². The maximum Gasteiger partial charge on any atom is 0.176 e. The van der Waals surface area contributed by atoms with Gasteiger partial charge < -0.3 is 0 Å². The molecule has 0 unspecified atom stereocenters. The van der Waals surface area contributed by atoms with Gasteiger partial charge in [0.15, 0.2) is 5.78 Å². The fourth-order valence-corrected chi connectivity index (χ4v) is 4.15. The fraction of sp³-hybridized carbons (Fsp3) is 0.143. The molecule has 0 N–H and O–H groups in total. The molecular formula is C21H16N2O. The van der Waals surface area contributed by atoms with E-state index < -0.39 is 0 Å². The van der Waals surface area contributed by atoms with Crippen LogP contribution in [0.2, 0.25) is 0 Å². The molecule has 3 aromatic rings. The van der Waals surface area contributed by atoms with Gasteiger partial charge in [0.2, 0.25) is 0 Å². The molecule has 0 aromatic heterocycles. The number of para-hydroxylation sites is 1. The van der Waals surface area contributed by atoms with E-state index in [1.165, 1.54) is 21.9 Å². The summed E-state index contributed by atoms with van der Waals surface area (Å²) in [6.07, 6.45) is 0. The van der Waals surface area contributed by atoms with Crippen LogP contribution in [0.4, 0.5) is 5.69 Å². The van der Waals surface area contributed by atoms with Gasteiger partial charge in [-0.1, -0.05) is 54.6 Å². The Morgan fingerprint density at radius 2 is 1.62 bits per heavy atom. The maximum atomic E-state index is 12.3. The van der Waals surface area contributed by atoms with E-state index in [2.05, 4.69) is 36.4 Å². The van der Waals surface area contributed by atoms with E-state index in [-0.39, 0.29) is 17.7 Å². The van der Waals surface area contributed by atoms with E-state index in [0.29, 0.717) is 5.71 Å². The summed E-state index contributed by atoms with van der Waals surface area (Å²) in [7, 11) is 0. The highest BCUT2D eigenvalue weighted by Gasteiger charge is 2.47. The van der Waals surface area contributed by atoms with Crippen molar-refractivity contribution in [2.45, 2.75) is 18.9 Å². The van der Waals surface area contributed by atoms with Crippen LogP contribution >= 0.6 is 0 Å². The number of rotatable bonds is 2. The molecule has 1 heterocycles. The Labute approximate surface area is 140 Å². The zero-order valence-corrected chi connectivity index (χ0v) is 13.3. The lowest BCUT2D eigenvalue weighted by Crippen LogP contribution is -2.22. The van der Waals surface area contributed by atoms with Crippen molar-refractivity contribution in [3.05, 3.63) is 77.9 Å². The largest absolute Gasteiger partial charge is 0.293 e. The molecule has 0 bridgehead atoms. The molecule has 2 aliphatic rings. The molecule has 3 aromatic carbocycles. The molecule has 1 aliphatic heterocycles. The molecule has 0 amide bonds. The first-order valence-electron chi connectivity index (χ1n) is 8.21. The van der Waals surface area contributed by atoms with Crippen LogP contribution in [0.3, 0.4) is 0 Å². The van der Waals surface area contributed by atoms with Gasteiger partial charge in [-0.2, -0.15) is 5.10 Å². The average Bonchev–Trinajstić information content (AvgIpc) is 3.15. The Morgan fingerprint density at radius 1 is 0.917 bits per heavy atom. The number of hydrazone groups is 1. The van der Waals surface area contributed by atoms with Gasteiger partial charge in [-0.05, 0) is 34.0 Å². The van der Waals surface area contributed by atoms with Crippen LogP contribution in [0.1, 0.15) is 30.0 Å². The second-order valence-corrected chi connectivity index (χ2v) is 6.44. The van der Waals surface area contributed by atoms with Crippen LogP contribution in [0.25, 0.3) is 10.8 Å². The first kappa shape index (κ1) is 13.5. The Bertz CT molecular complexity index is 1000. The Morgan fingerprint density at radius 3 is 2.33 bits per heavy atom. The lowest BCUT2D eigenvalue weighted by Gasteiger charge is -2.24. The summed E-state index contributed by atoms with van der Waals surface area (Å²) in [5.41, 5.74) is 4.17. The SMILES string of the molecule is CC(=O)C1=NN(c2ccccc2)[C@H]2c3cccc4cccc(c34)[C@@H]12. The lowest BCUT2D eigenvalue weighted by atomic mass is 9.90. The van der Waals surface area contributed by atoms with Crippen molar-refractivity contribution < 1.29 is 4.79 Å². The minimum Gasteiger partial charge on any atom is -0.293 e. The number of ketones is 1. The highest BCUT2D eigenvalue weighted by atomic mass is 16.1. The molecule has 3 heteroatoms. The molecule has 24 heavy (non-hydrogen) atoms. The van der Waals surface area contributed by atoms with Gasteiger partial charge in [-0.15, -0.1) is 0 Å². The van der Waals surface area contributed by atoms with Gasteiger partial charge in [0.1, 0.15) is 5.71 Å². The number of carbonyl (C=O) groups is 1. The predicted molar refractivity (Wildman–Crippen MR) is 96.5 cm³/mol. The van der Waals surface area contributed by atoms with Crippen molar-refractivity contribution in [2.24, 2.45) is 5.10 Å². The number of hydrogen-bond donors (Lipinski definition) is 0. The fourth-order valence-electron chi connectivity index (χ4n) is 4.15. The van der Waals surface area contributed by atoms with E-state index in [4.69, 9.17) is 5.10 Å². The van der Waals surface area contributed by atoms with Gasteiger partial charge in [0.25, 0.3) is 0 Å². The summed E-state index contributed by atoms with van der Waals surface area (Å²) < 4.78 is 0. The number of fused-ring (bicyclic) bond motifs is 3. The van der Waals surface area contributed by atoms with Crippen LogP contribution in [0, 0.1) is 0 Å². The van der Waals surface area contributed by atoms with Crippen LogP contribution in [0.5, 0.6) is 0 Å². The summed E-state index contributed by atoms with van der Waals surface area (Å²) in [6.45, 7) is 1.62. The molecule has 116 valence electrons. The molecule has 3 nitrogen and oxygen atoms in total. The van der Waals surface area contributed by atoms with E-state index >= 15 is 0 Å². The highest BCUT2D eigenvalue weighted by molar-refractivity contribution is 6.42. The molecular weight excluding hydrogens is 296 g/mol. The van der Waals surface area contributed by atoms with E-state index in [9.17, 15) is 4.79 Å². The molecule has 0 spiro atoms. The van der Waals surface area contributed by atoms with Gasteiger partial charge in [0, 0.05) is 6.92 Å². The second-order valence-electron chi connectivity index (χ2n) is 6.44. The zero-order valence-electron chi connectivity index (χ0n) is 13.3. The predicted octanol–water partition coefficient (Wildman–Crippen LogP) is 4.44. The molecule has 1 aliphatic carbocycles. The molecule has 0 saturated heterocycles. The molecule has 2 atom stereocenters. The smallest absolute Gasteiger partial charge is 0.176 e. The monoisotopic (exact) mass is 312 g/mol. The maximum absolute atomic E-state index is 12.3. The number of anilines is 1. The summed E-state index contributed by atoms with van der Waals surface area (Å²) in [5.74, 6) is 0.0667.